The average molecular weight is 597 g/mol. The van der Waals surface area contributed by atoms with Crippen molar-refractivity contribution in [3.05, 3.63) is 64.8 Å². The molecule has 0 saturated carbocycles. The molecule has 216 valence electrons. The number of anilines is 3. The molecule has 2 amide bonds. The summed E-state index contributed by atoms with van der Waals surface area (Å²) in [4.78, 5) is 28.8. The van der Waals surface area contributed by atoms with Crippen LogP contribution in [0, 0.1) is 0 Å². The molecule has 0 atom stereocenters. The number of carbonyl (C=O) groups excluding carboxylic acids is 1. The van der Waals surface area contributed by atoms with Gasteiger partial charge < -0.3 is 20.3 Å². The van der Waals surface area contributed by atoms with Gasteiger partial charge in [0.25, 0.3) is 0 Å². The van der Waals surface area contributed by atoms with Crippen LogP contribution in [-0.2, 0) is 0 Å². The quantitative estimate of drug-likeness (QED) is 0.175. The summed E-state index contributed by atoms with van der Waals surface area (Å²) in [6.07, 6.45) is 1.66. The molecule has 4 rings (SSSR count). The molecule has 0 aliphatic heterocycles. The molecule has 2 aromatic heterocycles. The zero-order valence-corrected chi connectivity index (χ0v) is 25.4. The third-order valence-electron chi connectivity index (χ3n) is 6.20. The van der Waals surface area contributed by atoms with Crippen LogP contribution < -0.4 is 20.7 Å². The summed E-state index contributed by atoms with van der Waals surface area (Å²) in [7, 11) is 0. The van der Waals surface area contributed by atoms with Crippen LogP contribution in [0.25, 0.3) is 22.2 Å². The smallest absolute Gasteiger partial charge is 0.320 e. The van der Waals surface area contributed by atoms with Crippen LogP contribution in [0.1, 0.15) is 34.6 Å². The van der Waals surface area contributed by atoms with E-state index in [2.05, 4.69) is 49.6 Å². The number of hydrogen-bond donors (Lipinski definition) is 3. The number of benzene rings is 2. The molecule has 4 aromatic rings. The van der Waals surface area contributed by atoms with Gasteiger partial charge in [-0.05, 0) is 76.3 Å². The van der Waals surface area contributed by atoms with Gasteiger partial charge in [0.2, 0.25) is 5.95 Å². The van der Waals surface area contributed by atoms with Crippen molar-refractivity contribution in [3.8, 4) is 16.9 Å². The molecule has 0 aliphatic rings. The minimum atomic E-state index is -0.450. The number of urea groups is 1. The Hall–Kier alpha value is -3.66. The number of carbonyl (C=O) groups is 1. The van der Waals surface area contributed by atoms with Gasteiger partial charge in [-0.2, -0.15) is 4.98 Å². The molecule has 0 aliphatic carbocycles. The lowest BCUT2D eigenvalue weighted by Gasteiger charge is -2.21. The number of halogens is 2. The van der Waals surface area contributed by atoms with Crippen LogP contribution in [0.2, 0.25) is 10.0 Å². The first-order chi connectivity index (χ1) is 19.6. The van der Waals surface area contributed by atoms with E-state index in [0.717, 1.165) is 31.1 Å². The Kier molecular flexibility index (Phi) is 9.86. The number of nitrogens with zero attached hydrogens (tertiary/aromatic N) is 4. The number of rotatable bonds is 10. The van der Waals surface area contributed by atoms with Crippen LogP contribution in [0.4, 0.5) is 22.2 Å². The van der Waals surface area contributed by atoms with Crippen molar-refractivity contribution < 1.29 is 9.53 Å². The summed E-state index contributed by atoms with van der Waals surface area (Å²) in [5, 5.41) is 10.4. The highest BCUT2D eigenvalue weighted by atomic mass is 35.5. The van der Waals surface area contributed by atoms with E-state index in [1.165, 1.54) is 0 Å². The molecule has 0 unspecified atom stereocenters. The second kappa shape index (κ2) is 13.3. The van der Waals surface area contributed by atoms with E-state index in [1.54, 1.807) is 24.4 Å². The highest BCUT2D eigenvalue weighted by Gasteiger charge is 2.20. The normalized spacial score (nSPS) is 11.5. The van der Waals surface area contributed by atoms with Crippen molar-refractivity contribution in [2.45, 2.75) is 40.2 Å². The molecule has 3 N–H and O–H groups in total. The molecule has 2 aromatic carbocycles. The lowest BCUT2D eigenvalue weighted by molar-refractivity contribution is 0.223. The van der Waals surface area contributed by atoms with Crippen molar-refractivity contribution in [1.29, 1.82) is 0 Å². The van der Waals surface area contributed by atoms with Gasteiger partial charge in [0.05, 0.1) is 10.0 Å². The Labute approximate surface area is 250 Å². The first-order valence-electron chi connectivity index (χ1n) is 13.5. The summed E-state index contributed by atoms with van der Waals surface area (Å²) in [5.74, 6) is 1.41. The topological polar surface area (TPSA) is 104 Å². The highest BCUT2D eigenvalue weighted by molar-refractivity contribution is 6.39. The second-order valence-corrected chi connectivity index (χ2v) is 11.3. The molecule has 2 heterocycles. The summed E-state index contributed by atoms with van der Waals surface area (Å²) >= 11 is 13.0. The van der Waals surface area contributed by atoms with Gasteiger partial charge in [0, 0.05) is 40.5 Å². The van der Waals surface area contributed by atoms with Gasteiger partial charge in [-0.15, -0.1) is 0 Å². The van der Waals surface area contributed by atoms with Crippen LogP contribution in [0.3, 0.4) is 0 Å². The first-order valence-corrected chi connectivity index (χ1v) is 14.3. The molecular weight excluding hydrogens is 561 g/mol. The van der Waals surface area contributed by atoms with E-state index >= 15 is 0 Å². The van der Waals surface area contributed by atoms with E-state index in [9.17, 15) is 4.79 Å². The fourth-order valence-corrected chi connectivity index (χ4v) is 4.74. The largest absolute Gasteiger partial charge is 0.492 e. The molecule has 41 heavy (non-hydrogen) atoms. The molecule has 11 heteroatoms. The Morgan fingerprint density at radius 3 is 2.32 bits per heavy atom. The van der Waals surface area contributed by atoms with Gasteiger partial charge in [-0.3, -0.25) is 5.32 Å². The van der Waals surface area contributed by atoms with E-state index in [-0.39, 0.29) is 5.82 Å². The molecule has 0 spiro atoms. The Morgan fingerprint density at radius 1 is 1.00 bits per heavy atom. The van der Waals surface area contributed by atoms with Crippen LogP contribution in [0.5, 0.6) is 5.75 Å². The Bertz CT molecular complexity index is 1480. The van der Waals surface area contributed by atoms with E-state index in [0.29, 0.717) is 44.8 Å². The third kappa shape index (κ3) is 8.19. The standard InChI is InChI=1S/C30H35Cl2N7O2/c1-6-39(7-2)15-16-41-21-13-11-20(12-14-21)34-28-33-18-19-17-22(25-23(31)9-8-10-24(25)32)27(35-26(19)36-28)37-29(40)38-30(3,4)5/h8-14,17-18H,6-7,15-16H2,1-5H3,(H3,33,34,35,36,37,38,40). The first kappa shape index (κ1) is 30.3. The monoisotopic (exact) mass is 595 g/mol. The minimum Gasteiger partial charge on any atom is -0.492 e. The number of pyridine rings is 1. The molecule has 0 radical (unpaired) electrons. The van der Waals surface area contributed by atoms with Gasteiger partial charge >= 0.3 is 6.03 Å². The van der Waals surface area contributed by atoms with Gasteiger partial charge in [0.15, 0.2) is 5.65 Å². The third-order valence-corrected chi connectivity index (χ3v) is 6.83. The summed E-state index contributed by atoms with van der Waals surface area (Å²) in [6.45, 7) is 13.5. The predicted octanol–water partition coefficient (Wildman–Crippen LogP) is 7.38. The van der Waals surface area contributed by atoms with Crippen LogP contribution in [0.15, 0.2) is 54.7 Å². The lowest BCUT2D eigenvalue weighted by atomic mass is 10.0. The number of amides is 2. The maximum absolute atomic E-state index is 12.8. The van der Waals surface area contributed by atoms with Crippen LogP contribution in [-0.4, -0.2) is 57.7 Å². The fraction of sp³-hybridized carbons (Fsp3) is 0.333. The highest BCUT2D eigenvalue weighted by Crippen LogP contribution is 2.39. The molecule has 9 nitrogen and oxygen atoms in total. The minimum absolute atomic E-state index is 0.269. The maximum Gasteiger partial charge on any atom is 0.320 e. The zero-order valence-electron chi connectivity index (χ0n) is 23.9. The van der Waals surface area contributed by atoms with Gasteiger partial charge in [-0.1, -0.05) is 43.1 Å². The van der Waals surface area contributed by atoms with Crippen LogP contribution >= 0.6 is 23.2 Å². The van der Waals surface area contributed by atoms with Crippen molar-refractivity contribution in [2.75, 3.05) is 36.9 Å². The zero-order chi connectivity index (χ0) is 29.6. The van der Waals surface area contributed by atoms with Gasteiger partial charge in [-0.25, -0.2) is 14.8 Å². The van der Waals surface area contributed by atoms with Crippen molar-refractivity contribution in [2.24, 2.45) is 0 Å². The molecule has 0 saturated heterocycles. The van der Waals surface area contributed by atoms with Crippen molar-refractivity contribution in [3.63, 3.8) is 0 Å². The summed E-state index contributed by atoms with van der Waals surface area (Å²) in [6, 6.07) is 14.2. The molecular formula is C30H35Cl2N7O2. The average Bonchev–Trinajstić information content (AvgIpc) is 2.91. The number of nitrogens with one attached hydrogen (secondary N) is 3. The number of fused-ring (bicyclic) bond motifs is 1. The SMILES string of the molecule is CCN(CC)CCOc1ccc(Nc2ncc3cc(-c4c(Cl)cccc4Cl)c(NC(=O)NC(C)(C)C)nc3n2)cc1. The van der Waals surface area contributed by atoms with E-state index < -0.39 is 11.6 Å². The maximum atomic E-state index is 12.8. The number of aromatic nitrogens is 3. The Balaban J connectivity index is 1.59. The molecule has 0 fully saturated rings. The summed E-state index contributed by atoms with van der Waals surface area (Å²) in [5.41, 5.74) is 1.84. The fourth-order valence-electron chi connectivity index (χ4n) is 4.14. The number of hydrogen-bond acceptors (Lipinski definition) is 7. The number of ether oxygens (including phenoxy) is 1. The van der Waals surface area contributed by atoms with Crippen molar-refractivity contribution in [1.82, 2.24) is 25.2 Å². The lowest BCUT2D eigenvalue weighted by Crippen LogP contribution is -2.43. The Morgan fingerprint density at radius 2 is 1.68 bits per heavy atom. The van der Waals surface area contributed by atoms with E-state index in [4.69, 9.17) is 27.9 Å². The predicted molar refractivity (Wildman–Crippen MR) is 168 cm³/mol. The number of likely N-dealkylation sites (N-methyl/N-ethyl adjacent to an activating group) is 1. The van der Waals surface area contributed by atoms with E-state index in [1.807, 2.05) is 51.1 Å². The summed E-state index contributed by atoms with van der Waals surface area (Å²) < 4.78 is 5.87. The molecule has 0 bridgehead atoms. The van der Waals surface area contributed by atoms with Crippen molar-refractivity contribution >= 4 is 57.7 Å². The van der Waals surface area contributed by atoms with Gasteiger partial charge in [0.1, 0.15) is 18.2 Å². The second-order valence-electron chi connectivity index (χ2n) is 10.4.